The molecule has 1 saturated heterocycles. The Morgan fingerprint density at radius 2 is 2.26 bits per heavy atom. The van der Waals surface area contributed by atoms with Gasteiger partial charge in [-0.25, -0.2) is 4.79 Å². The molecule has 1 unspecified atom stereocenters. The van der Waals surface area contributed by atoms with Crippen molar-refractivity contribution in [1.82, 2.24) is 5.32 Å². The summed E-state index contributed by atoms with van der Waals surface area (Å²) < 4.78 is 15.7. The summed E-state index contributed by atoms with van der Waals surface area (Å²) in [6, 6.07) is 1.74. The van der Waals surface area contributed by atoms with Crippen molar-refractivity contribution in [3.8, 4) is 11.5 Å². The van der Waals surface area contributed by atoms with Gasteiger partial charge in [0.25, 0.3) is 5.91 Å². The van der Waals surface area contributed by atoms with Gasteiger partial charge in [-0.1, -0.05) is 11.6 Å². The van der Waals surface area contributed by atoms with Gasteiger partial charge >= 0.3 is 6.09 Å². The molecule has 6 nitrogen and oxygen atoms in total. The summed E-state index contributed by atoms with van der Waals surface area (Å²) in [4.78, 5) is 22.9. The highest BCUT2D eigenvalue weighted by molar-refractivity contribution is 6.32. The number of halogens is 1. The Morgan fingerprint density at radius 1 is 1.47 bits per heavy atom. The molecule has 2 amide bonds. The first kappa shape index (κ1) is 12.1. The number of amides is 2. The molecule has 19 heavy (non-hydrogen) atoms. The van der Waals surface area contributed by atoms with Crippen molar-refractivity contribution in [2.24, 2.45) is 0 Å². The van der Waals surface area contributed by atoms with Gasteiger partial charge in [-0.3, -0.25) is 10.1 Å². The minimum Gasteiger partial charge on any atom is -0.495 e. The topological polar surface area (TPSA) is 73.9 Å². The molecule has 2 heterocycles. The van der Waals surface area contributed by atoms with Crippen LogP contribution in [0.15, 0.2) is 6.07 Å². The molecule has 100 valence electrons. The summed E-state index contributed by atoms with van der Waals surface area (Å²) in [6.45, 7) is 0.494. The van der Waals surface area contributed by atoms with E-state index in [1.807, 2.05) is 0 Å². The molecule has 0 aliphatic carbocycles. The zero-order chi connectivity index (χ0) is 13.6. The number of fused-ring (bicyclic) bond motifs is 1. The van der Waals surface area contributed by atoms with Gasteiger partial charge in [0.15, 0.2) is 0 Å². The maximum Gasteiger partial charge on any atom is 0.415 e. The van der Waals surface area contributed by atoms with Crippen LogP contribution in [-0.2, 0) is 16.0 Å². The minimum atomic E-state index is -1.09. The maximum absolute atomic E-state index is 11.8. The van der Waals surface area contributed by atoms with Gasteiger partial charge in [-0.05, 0) is 11.6 Å². The molecule has 0 spiro atoms. The van der Waals surface area contributed by atoms with E-state index in [9.17, 15) is 9.59 Å². The van der Waals surface area contributed by atoms with Crippen molar-refractivity contribution in [3.05, 3.63) is 22.2 Å². The largest absolute Gasteiger partial charge is 0.495 e. The van der Waals surface area contributed by atoms with Crippen LogP contribution in [0, 0.1) is 0 Å². The molecule has 2 aliphatic heterocycles. The van der Waals surface area contributed by atoms with Gasteiger partial charge in [0.2, 0.25) is 6.10 Å². The van der Waals surface area contributed by atoms with Crippen LogP contribution in [0.25, 0.3) is 0 Å². The molecule has 1 aromatic carbocycles. The monoisotopic (exact) mass is 283 g/mol. The summed E-state index contributed by atoms with van der Waals surface area (Å²) in [7, 11) is 1.43. The number of hydrogen-bond acceptors (Lipinski definition) is 5. The number of carbonyl (C=O) groups excluding carboxylic acids is 2. The minimum absolute atomic E-state index is 0.289. The molecular weight excluding hydrogens is 274 g/mol. The number of nitrogens with one attached hydrogen (secondary N) is 1. The highest BCUT2D eigenvalue weighted by atomic mass is 35.5. The maximum atomic E-state index is 11.8. The van der Waals surface area contributed by atoms with Crippen molar-refractivity contribution < 1.29 is 23.8 Å². The quantitative estimate of drug-likeness (QED) is 0.892. The van der Waals surface area contributed by atoms with Gasteiger partial charge in [0.05, 0.1) is 24.3 Å². The van der Waals surface area contributed by atoms with E-state index in [0.29, 0.717) is 29.4 Å². The van der Waals surface area contributed by atoms with Gasteiger partial charge in [0.1, 0.15) is 11.5 Å². The van der Waals surface area contributed by atoms with Crippen molar-refractivity contribution in [2.45, 2.75) is 12.5 Å². The number of benzene rings is 1. The van der Waals surface area contributed by atoms with Crippen LogP contribution in [0.1, 0.15) is 17.2 Å². The third-order valence-corrected chi connectivity index (χ3v) is 3.35. The predicted octanol–water partition coefficient (Wildman–Crippen LogP) is 1.59. The number of imide groups is 1. The average molecular weight is 284 g/mol. The molecule has 1 atom stereocenters. The number of hydrogen-bond donors (Lipinski definition) is 1. The van der Waals surface area contributed by atoms with Crippen LogP contribution in [-0.4, -0.2) is 25.7 Å². The lowest BCUT2D eigenvalue weighted by molar-refractivity contribution is -0.123. The van der Waals surface area contributed by atoms with Crippen molar-refractivity contribution in [3.63, 3.8) is 0 Å². The Kier molecular flexibility index (Phi) is 2.74. The van der Waals surface area contributed by atoms with Crippen LogP contribution in [0.2, 0.25) is 5.02 Å². The second kappa shape index (κ2) is 4.31. The molecule has 3 rings (SSSR count). The Labute approximate surface area is 113 Å². The summed E-state index contributed by atoms with van der Waals surface area (Å²) in [5.41, 5.74) is 1.24. The lowest BCUT2D eigenvalue weighted by atomic mass is 10.0. The molecule has 0 saturated carbocycles. The van der Waals surface area contributed by atoms with E-state index >= 15 is 0 Å². The summed E-state index contributed by atoms with van der Waals surface area (Å²) in [6.07, 6.45) is -1.19. The lowest BCUT2D eigenvalue weighted by Crippen LogP contribution is -2.21. The van der Waals surface area contributed by atoms with Crippen LogP contribution >= 0.6 is 11.6 Å². The van der Waals surface area contributed by atoms with Crippen LogP contribution < -0.4 is 14.8 Å². The van der Waals surface area contributed by atoms with E-state index in [0.717, 1.165) is 5.56 Å². The third-order valence-electron chi connectivity index (χ3n) is 3.07. The number of alkyl carbamates (subject to hydrolysis) is 1. The average Bonchev–Trinajstić information content (AvgIpc) is 2.93. The smallest absolute Gasteiger partial charge is 0.415 e. The van der Waals surface area contributed by atoms with Crippen LogP contribution in [0.5, 0.6) is 11.5 Å². The number of ether oxygens (including phenoxy) is 3. The first-order valence-electron chi connectivity index (χ1n) is 5.65. The number of cyclic esters (lactones) is 1. The second-order valence-electron chi connectivity index (χ2n) is 4.17. The third kappa shape index (κ3) is 1.79. The molecular formula is C12H10ClNO5. The van der Waals surface area contributed by atoms with E-state index in [2.05, 4.69) is 5.32 Å². The highest BCUT2D eigenvalue weighted by Crippen LogP contribution is 2.46. The van der Waals surface area contributed by atoms with Crippen molar-refractivity contribution >= 4 is 23.6 Å². The number of rotatable bonds is 2. The molecule has 1 N–H and O–H groups in total. The number of methoxy groups -OCH3 is 1. The molecule has 2 aliphatic rings. The SMILES string of the molecule is COc1c(Cl)cc2c(c1C1OC(=O)NC1=O)OCC2. The zero-order valence-corrected chi connectivity index (χ0v) is 10.7. The summed E-state index contributed by atoms with van der Waals surface area (Å²) in [5, 5.41) is 2.43. The van der Waals surface area contributed by atoms with E-state index < -0.39 is 18.1 Å². The van der Waals surface area contributed by atoms with E-state index in [-0.39, 0.29) is 5.75 Å². The standard InChI is InChI=1S/C12H10ClNO5/c1-17-9-6(13)4-5-2-3-18-8(5)7(9)10-11(15)14-12(16)19-10/h4,10H,2-3H2,1H3,(H,14,15,16). The summed E-state index contributed by atoms with van der Waals surface area (Å²) >= 11 is 6.12. The molecule has 1 aromatic rings. The van der Waals surface area contributed by atoms with E-state index in [1.165, 1.54) is 7.11 Å². The van der Waals surface area contributed by atoms with Crippen molar-refractivity contribution in [2.75, 3.05) is 13.7 Å². The molecule has 1 fully saturated rings. The molecule has 0 aromatic heterocycles. The van der Waals surface area contributed by atoms with Gasteiger partial charge in [-0.2, -0.15) is 0 Å². The molecule has 0 bridgehead atoms. The van der Waals surface area contributed by atoms with Gasteiger partial charge in [-0.15, -0.1) is 0 Å². The zero-order valence-electron chi connectivity index (χ0n) is 9.99. The summed E-state index contributed by atoms with van der Waals surface area (Å²) in [5.74, 6) is 0.247. The van der Waals surface area contributed by atoms with Crippen LogP contribution in [0.4, 0.5) is 4.79 Å². The first-order chi connectivity index (χ1) is 9.11. The fourth-order valence-electron chi connectivity index (χ4n) is 2.30. The van der Waals surface area contributed by atoms with E-state index in [4.69, 9.17) is 25.8 Å². The van der Waals surface area contributed by atoms with Gasteiger partial charge < -0.3 is 14.2 Å². The fraction of sp³-hybridized carbons (Fsp3) is 0.333. The predicted molar refractivity (Wildman–Crippen MR) is 64.6 cm³/mol. The Bertz CT molecular complexity index is 582. The Hall–Kier alpha value is -1.95. The molecule has 7 heteroatoms. The molecule has 0 radical (unpaired) electrons. The highest BCUT2D eigenvalue weighted by Gasteiger charge is 2.40. The Balaban J connectivity index is 2.19. The van der Waals surface area contributed by atoms with E-state index in [1.54, 1.807) is 6.07 Å². The fourth-order valence-corrected chi connectivity index (χ4v) is 2.61. The lowest BCUT2D eigenvalue weighted by Gasteiger charge is -2.17. The number of carbonyl (C=O) groups is 2. The normalized spacial score (nSPS) is 20.6. The first-order valence-corrected chi connectivity index (χ1v) is 6.03. The van der Waals surface area contributed by atoms with Crippen LogP contribution in [0.3, 0.4) is 0 Å². The Morgan fingerprint density at radius 3 is 2.89 bits per heavy atom. The van der Waals surface area contributed by atoms with Gasteiger partial charge in [0, 0.05) is 6.42 Å². The second-order valence-corrected chi connectivity index (χ2v) is 4.57. The van der Waals surface area contributed by atoms with Crippen molar-refractivity contribution in [1.29, 1.82) is 0 Å².